The second-order valence-electron chi connectivity index (χ2n) is 3.48. The predicted octanol–water partition coefficient (Wildman–Crippen LogP) is 4.87. The van der Waals surface area contributed by atoms with Crippen LogP contribution in [0.1, 0.15) is 18.7 Å². The first-order valence-corrected chi connectivity index (χ1v) is 6.09. The highest BCUT2D eigenvalue weighted by atomic mass is 79.9. The van der Waals surface area contributed by atoms with Gasteiger partial charge in [0.25, 0.3) is 0 Å². The van der Waals surface area contributed by atoms with Crippen molar-refractivity contribution in [1.82, 2.24) is 0 Å². The molecule has 84 valence electrons. The third kappa shape index (κ3) is 2.42. The van der Waals surface area contributed by atoms with E-state index in [0.29, 0.717) is 5.02 Å². The van der Waals surface area contributed by atoms with Crippen LogP contribution >= 0.6 is 27.5 Å². The van der Waals surface area contributed by atoms with Crippen LogP contribution in [0, 0.1) is 0 Å². The highest BCUT2D eigenvalue weighted by molar-refractivity contribution is 9.10. The standard InChI is InChI=1S/C12H11BrClNO/c1-8(11-6-3-7-16-11)15-10-5-2-4-9(14)12(10)13/h2-8,15H,1H3. The zero-order chi connectivity index (χ0) is 11.5. The van der Waals surface area contributed by atoms with Gasteiger partial charge >= 0.3 is 0 Å². The van der Waals surface area contributed by atoms with Gasteiger partial charge in [0.15, 0.2) is 0 Å². The summed E-state index contributed by atoms with van der Waals surface area (Å²) in [6, 6.07) is 9.63. The van der Waals surface area contributed by atoms with Crippen LogP contribution in [0.3, 0.4) is 0 Å². The van der Waals surface area contributed by atoms with Gasteiger partial charge < -0.3 is 9.73 Å². The van der Waals surface area contributed by atoms with Gasteiger partial charge in [0.05, 0.1) is 27.5 Å². The molecule has 0 saturated carbocycles. The van der Waals surface area contributed by atoms with E-state index >= 15 is 0 Å². The van der Waals surface area contributed by atoms with E-state index in [2.05, 4.69) is 21.2 Å². The Kier molecular flexibility index (Phi) is 3.56. The van der Waals surface area contributed by atoms with Gasteiger partial charge in [-0.05, 0) is 47.1 Å². The molecule has 0 bridgehead atoms. The normalized spacial score (nSPS) is 12.4. The van der Waals surface area contributed by atoms with E-state index in [9.17, 15) is 0 Å². The van der Waals surface area contributed by atoms with E-state index in [1.54, 1.807) is 6.26 Å². The molecule has 0 radical (unpaired) electrons. The second kappa shape index (κ2) is 4.93. The number of furan rings is 1. The number of halogens is 2. The fourth-order valence-electron chi connectivity index (χ4n) is 1.46. The zero-order valence-electron chi connectivity index (χ0n) is 8.71. The molecule has 0 fully saturated rings. The minimum absolute atomic E-state index is 0.102. The van der Waals surface area contributed by atoms with Crippen molar-refractivity contribution in [1.29, 1.82) is 0 Å². The molecular weight excluding hydrogens is 289 g/mol. The Balaban J connectivity index is 2.18. The maximum Gasteiger partial charge on any atom is 0.125 e. The molecule has 1 heterocycles. The summed E-state index contributed by atoms with van der Waals surface area (Å²) in [6.45, 7) is 2.03. The molecule has 2 aromatic rings. The van der Waals surface area contributed by atoms with Crippen molar-refractivity contribution >= 4 is 33.2 Å². The molecule has 4 heteroatoms. The Bertz CT molecular complexity index is 470. The lowest BCUT2D eigenvalue weighted by atomic mass is 10.2. The summed E-state index contributed by atoms with van der Waals surface area (Å²) in [5.41, 5.74) is 0.955. The summed E-state index contributed by atoms with van der Waals surface area (Å²) in [5.74, 6) is 0.895. The molecule has 0 aliphatic heterocycles. The van der Waals surface area contributed by atoms with Gasteiger partial charge in [-0.15, -0.1) is 0 Å². The summed E-state index contributed by atoms with van der Waals surface area (Å²) < 4.78 is 6.20. The van der Waals surface area contributed by atoms with Crippen LogP contribution in [0.25, 0.3) is 0 Å². The summed E-state index contributed by atoms with van der Waals surface area (Å²) >= 11 is 9.46. The van der Waals surface area contributed by atoms with E-state index in [-0.39, 0.29) is 6.04 Å². The average molecular weight is 301 g/mol. The minimum atomic E-state index is 0.102. The van der Waals surface area contributed by atoms with Gasteiger partial charge in [-0.1, -0.05) is 17.7 Å². The van der Waals surface area contributed by atoms with Crippen molar-refractivity contribution < 1.29 is 4.42 Å². The highest BCUT2D eigenvalue weighted by Crippen LogP contribution is 2.32. The number of hydrogen-bond acceptors (Lipinski definition) is 2. The van der Waals surface area contributed by atoms with Gasteiger partial charge in [-0.2, -0.15) is 0 Å². The van der Waals surface area contributed by atoms with E-state index < -0.39 is 0 Å². The van der Waals surface area contributed by atoms with Gasteiger partial charge in [0.1, 0.15) is 5.76 Å². The smallest absolute Gasteiger partial charge is 0.125 e. The summed E-state index contributed by atoms with van der Waals surface area (Å²) in [6.07, 6.45) is 1.67. The van der Waals surface area contributed by atoms with Crippen LogP contribution in [-0.4, -0.2) is 0 Å². The molecule has 1 aromatic carbocycles. The molecule has 1 unspecified atom stereocenters. The molecule has 0 saturated heterocycles. The summed E-state index contributed by atoms with van der Waals surface area (Å²) in [4.78, 5) is 0. The number of benzene rings is 1. The van der Waals surface area contributed by atoms with Gasteiger partial charge in [0.2, 0.25) is 0 Å². The first-order valence-electron chi connectivity index (χ1n) is 4.92. The molecule has 2 rings (SSSR count). The number of hydrogen-bond donors (Lipinski definition) is 1. The van der Waals surface area contributed by atoms with Crippen LogP contribution in [-0.2, 0) is 0 Å². The Morgan fingerprint density at radius 1 is 1.31 bits per heavy atom. The lowest BCUT2D eigenvalue weighted by Gasteiger charge is -2.14. The predicted molar refractivity (Wildman–Crippen MR) is 69.9 cm³/mol. The zero-order valence-corrected chi connectivity index (χ0v) is 11.0. The number of anilines is 1. The number of nitrogens with one attached hydrogen (secondary N) is 1. The van der Waals surface area contributed by atoms with Crippen molar-refractivity contribution in [2.45, 2.75) is 13.0 Å². The second-order valence-corrected chi connectivity index (χ2v) is 4.68. The fourth-order valence-corrected chi connectivity index (χ4v) is 2.01. The molecule has 1 aromatic heterocycles. The Labute approximate surface area is 108 Å². The maximum atomic E-state index is 6.01. The van der Waals surface area contributed by atoms with E-state index in [4.69, 9.17) is 16.0 Å². The van der Waals surface area contributed by atoms with E-state index in [1.807, 2.05) is 37.3 Å². The van der Waals surface area contributed by atoms with Crippen molar-refractivity contribution in [3.8, 4) is 0 Å². The highest BCUT2D eigenvalue weighted by Gasteiger charge is 2.10. The quantitative estimate of drug-likeness (QED) is 0.875. The van der Waals surface area contributed by atoms with Gasteiger partial charge in [-0.3, -0.25) is 0 Å². The molecule has 0 amide bonds. The van der Waals surface area contributed by atoms with Crippen LogP contribution in [0.2, 0.25) is 5.02 Å². The molecule has 0 aliphatic carbocycles. The molecule has 2 nitrogen and oxygen atoms in total. The molecule has 0 aliphatic rings. The van der Waals surface area contributed by atoms with Crippen molar-refractivity contribution in [2.24, 2.45) is 0 Å². The molecule has 1 N–H and O–H groups in total. The summed E-state index contributed by atoms with van der Waals surface area (Å²) in [5, 5.41) is 4.02. The first-order chi connectivity index (χ1) is 7.68. The van der Waals surface area contributed by atoms with Crippen molar-refractivity contribution in [2.75, 3.05) is 5.32 Å². The fraction of sp³-hybridized carbons (Fsp3) is 0.167. The Hall–Kier alpha value is -0.930. The topological polar surface area (TPSA) is 25.2 Å². The van der Waals surface area contributed by atoms with Crippen LogP contribution < -0.4 is 5.32 Å². The Morgan fingerprint density at radius 2 is 2.12 bits per heavy atom. The lowest BCUT2D eigenvalue weighted by molar-refractivity contribution is 0.490. The molecular formula is C12H11BrClNO. The number of rotatable bonds is 3. The third-order valence-corrected chi connectivity index (χ3v) is 3.69. The average Bonchev–Trinajstić information content (AvgIpc) is 2.78. The maximum absolute atomic E-state index is 6.01. The molecule has 1 atom stereocenters. The lowest BCUT2D eigenvalue weighted by Crippen LogP contribution is -2.05. The van der Waals surface area contributed by atoms with Crippen molar-refractivity contribution in [3.05, 3.63) is 51.9 Å². The largest absolute Gasteiger partial charge is 0.467 e. The van der Waals surface area contributed by atoms with Crippen molar-refractivity contribution in [3.63, 3.8) is 0 Å². The van der Waals surface area contributed by atoms with Crippen LogP contribution in [0.15, 0.2) is 45.5 Å². The molecule has 0 spiro atoms. The third-order valence-electron chi connectivity index (χ3n) is 2.29. The van der Waals surface area contributed by atoms with Gasteiger partial charge in [0, 0.05) is 0 Å². The SMILES string of the molecule is CC(Nc1cccc(Cl)c1Br)c1ccco1. The minimum Gasteiger partial charge on any atom is -0.467 e. The van der Waals surface area contributed by atoms with E-state index in [1.165, 1.54) is 0 Å². The van der Waals surface area contributed by atoms with Gasteiger partial charge in [-0.25, -0.2) is 0 Å². The first kappa shape index (κ1) is 11.6. The monoisotopic (exact) mass is 299 g/mol. The van der Waals surface area contributed by atoms with E-state index in [0.717, 1.165) is 15.9 Å². The summed E-state index contributed by atoms with van der Waals surface area (Å²) in [7, 11) is 0. The Morgan fingerprint density at radius 3 is 2.81 bits per heavy atom. The van der Waals surface area contributed by atoms with Crippen LogP contribution in [0.5, 0.6) is 0 Å². The molecule has 16 heavy (non-hydrogen) atoms. The van der Waals surface area contributed by atoms with Crippen LogP contribution in [0.4, 0.5) is 5.69 Å².